The lowest BCUT2D eigenvalue weighted by Gasteiger charge is -2.36. The normalized spacial score (nSPS) is 37.2. The number of carbonyl (C=O) groups excluding carboxylic acids is 1. The largest absolute Gasteiger partial charge is 0.341 e. The standard InChI is InChI=1S/C24H30INO6/c25-15-9-3-4-10-16(15)26-21(27)19-17-18(30-23(29-17)11-5-1-6-12-23)20-22(28-19)32-24(31-20)13-7-2-8-14-24/h3-4,9-10,17-20,22H,1-2,5-8,11-14H2,(H,26,27). The lowest BCUT2D eigenvalue weighted by atomic mass is 9.94. The van der Waals surface area contributed by atoms with Crippen molar-refractivity contribution >= 4 is 34.2 Å². The summed E-state index contributed by atoms with van der Waals surface area (Å²) in [6.07, 6.45) is 7.34. The van der Waals surface area contributed by atoms with Crippen LogP contribution in [0.1, 0.15) is 64.2 Å². The molecule has 5 atom stereocenters. The van der Waals surface area contributed by atoms with Crippen molar-refractivity contribution in [3.05, 3.63) is 27.8 Å². The first-order valence-corrected chi connectivity index (χ1v) is 13.1. The van der Waals surface area contributed by atoms with Gasteiger partial charge in [-0.25, -0.2) is 0 Å². The summed E-state index contributed by atoms with van der Waals surface area (Å²) in [5.41, 5.74) is 0.763. The second kappa shape index (κ2) is 8.46. The van der Waals surface area contributed by atoms with Gasteiger partial charge in [0.2, 0.25) is 0 Å². The van der Waals surface area contributed by atoms with Gasteiger partial charge in [0, 0.05) is 29.3 Å². The Hall–Kier alpha value is -0.780. The molecule has 5 unspecified atom stereocenters. The molecule has 2 saturated carbocycles. The van der Waals surface area contributed by atoms with Crippen molar-refractivity contribution in [3.8, 4) is 0 Å². The zero-order chi connectivity index (χ0) is 21.8. The summed E-state index contributed by atoms with van der Waals surface area (Å²) in [7, 11) is 0. The Morgan fingerprint density at radius 2 is 1.41 bits per heavy atom. The molecule has 174 valence electrons. The van der Waals surface area contributed by atoms with E-state index >= 15 is 0 Å². The number of hydrogen-bond donors (Lipinski definition) is 1. The Morgan fingerprint density at radius 1 is 0.812 bits per heavy atom. The molecule has 1 amide bonds. The van der Waals surface area contributed by atoms with E-state index < -0.39 is 30.1 Å². The molecular formula is C24H30INO6. The molecule has 0 radical (unpaired) electrons. The number of amides is 1. The van der Waals surface area contributed by atoms with Crippen molar-refractivity contribution < 1.29 is 28.5 Å². The molecule has 32 heavy (non-hydrogen) atoms. The number of fused-ring (bicyclic) bond motifs is 3. The molecular weight excluding hydrogens is 525 g/mol. The maximum absolute atomic E-state index is 13.4. The van der Waals surface area contributed by atoms with E-state index in [0.29, 0.717) is 0 Å². The van der Waals surface area contributed by atoms with Crippen LogP contribution in [-0.2, 0) is 28.5 Å². The Kier molecular flexibility index (Phi) is 5.75. The summed E-state index contributed by atoms with van der Waals surface area (Å²) >= 11 is 2.22. The molecule has 1 N–H and O–H groups in total. The van der Waals surface area contributed by atoms with Gasteiger partial charge in [0.1, 0.15) is 18.3 Å². The number of carbonyl (C=O) groups is 1. The van der Waals surface area contributed by atoms with Crippen LogP contribution in [0.2, 0.25) is 0 Å². The van der Waals surface area contributed by atoms with Gasteiger partial charge in [0.05, 0.1) is 5.69 Å². The first kappa shape index (κ1) is 21.7. The topological polar surface area (TPSA) is 75.3 Å². The minimum atomic E-state index is -0.819. The number of para-hydroxylation sites is 1. The smallest absolute Gasteiger partial charge is 0.256 e. The first-order valence-electron chi connectivity index (χ1n) is 12.0. The Labute approximate surface area is 202 Å². The fourth-order valence-electron chi connectivity index (χ4n) is 5.93. The maximum atomic E-state index is 13.4. The summed E-state index contributed by atoms with van der Waals surface area (Å²) in [6.45, 7) is 0. The molecule has 1 aromatic rings. The van der Waals surface area contributed by atoms with Gasteiger partial charge in [-0.1, -0.05) is 25.0 Å². The van der Waals surface area contributed by atoms with Crippen LogP contribution in [0.5, 0.6) is 0 Å². The summed E-state index contributed by atoms with van der Waals surface area (Å²) in [4.78, 5) is 13.4. The molecule has 0 bridgehead atoms. The van der Waals surface area contributed by atoms with Crippen LogP contribution < -0.4 is 5.32 Å². The summed E-state index contributed by atoms with van der Waals surface area (Å²) < 4.78 is 33.3. The molecule has 1 aromatic carbocycles. The third-order valence-electron chi connectivity index (χ3n) is 7.50. The average molecular weight is 555 g/mol. The number of rotatable bonds is 2. The monoisotopic (exact) mass is 555 g/mol. The zero-order valence-corrected chi connectivity index (χ0v) is 20.3. The number of nitrogens with one attached hydrogen (secondary N) is 1. The molecule has 6 rings (SSSR count). The van der Waals surface area contributed by atoms with Gasteiger partial charge in [0.15, 0.2) is 24.0 Å². The molecule has 3 heterocycles. The molecule has 5 aliphatic rings. The lowest BCUT2D eigenvalue weighted by Crippen LogP contribution is -2.58. The number of anilines is 1. The van der Waals surface area contributed by atoms with Crippen molar-refractivity contribution in [2.45, 2.75) is 106 Å². The number of benzene rings is 1. The minimum absolute atomic E-state index is 0.229. The molecule has 3 saturated heterocycles. The highest BCUT2D eigenvalue weighted by molar-refractivity contribution is 14.1. The predicted molar refractivity (Wildman–Crippen MR) is 124 cm³/mol. The van der Waals surface area contributed by atoms with Crippen molar-refractivity contribution in [3.63, 3.8) is 0 Å². The number of halogens is 1. The molecule has 0 aromatic heterocycles. The van der Waals surface area contributed by atoms with E-state index in [2.05, 4.69) is 27.9 Å². The highest BCUT2D eigenvalue weighted by Crippen LogP contribution is 2.51. The second-order valence-corrected chi connectivity index (χ2v) is 10.9. The van der Waals surface area contributed by atoms with E-state index in [1.165, 1.54) is 12.8 Å². The summed E-state index contributed by atoms with van der Waals surface area (Å²) in [6, 6.07) is 7.71. The first-order chi connectivity index (χ1) is 15.6. The van der Waals surface area contributed by atoms with Crippen LogP contribution in [0.3, 0.4) is 0 Å². The zero-order valence-electron chi connectivity index (χ0n) is 18.1. The molecule has 5 fully saturated rings. The van der Waals surface area contributed by atoms with Crippen molar-refractivity contribution in [1.82, 2.24) is 0 Å². The highest BCUT2D eigenvalue weighted by Gasteiger charge is 2.65. The van der Waals surface area contributed by atoms with Crippen molar-refractivity contribution in [2.75, 3.05) is 5.32 Å². The average Bonchev–Trinajstić information content (AvgIpc) is 3.33. The van der Waals surface area contributed by atoms with E-state index in [9.17, 15) is 4.79 Å². The van der Waals surface area contributed by atoms with E-state index in [1.54, 1.807) is 0 Å². The minimum Gasteiger partial charge on any atom is -0.341 e. The summed E-state index contributed by atoms with van der Waals surface area (Å²) in [5.74, 6) is -1.49. The highest BCUT2D eigenvalue weighted by atomic mass is 127. The van der Waals surface area contributed by atoms with Crippen molar-refractivity contribution in [2.24, 2.45) is 0 Å². The van der Waals surface area contributed by atoms with E-state index in [0.717, 1.165) is 60.6 Å². The van der Waals surface area contributed by atoms with Crippen molar-refractivity contribution in [1.29, 1.82) is 0 Å². The quantitative estimate of drug-likeness (QED) is 0.543. The third kappa shape index (κ3) is 3.80. The maximum Gasteiger partial charge on any atom is 0.256 e. The Morgan fingerprint density at radius 3 is 2.09 bits per heavy atom. The third-order valence-corrected chi connectivity index (χ3v) is 8.44. The Balaban J connectivity index is 1.28. The van der Waals surface area contributed by atoms with Crippen LogP contribution in [-0.4, -0.2) is 48.2 Å². The van der Waals surface area contributed by atoms with E-state index in [-0.39, 0.29) is 18.1 Å². The van der Waals surface area contributed by atoms with Gasteiger partial charge in [0.25, 0.3) is 5.91 Å². The summed E-state index contributed by atoms with van der Waals surface area (Å²) in [5, 5.41) is 3.03. The second-order valence-electron chi connectivity index (χ2n) is 9.70. The lowest BCUT2D eigenvalue weighted by molar-refractivity contribution is -0.246. The van der Waals surface area contributed by atoms with Gasteiger partial charge < -0.3 is 29.0 Å². The van der Waals surface area contributed by atoms with Gasteiger partial charge in [-0.15, -0.1) is 0 Å². The molecule has 7 nitrogen and oxygen atoms in total. The van der Waals surface area contributed by atoms with E-state index in [4.69, 9.17) is 23.7 Å². The molecule has 2 aliphatic carbocycles. The molecule has 8 heteroatoms. The fraction of sp³-hybridized carbons (Fsp3) is 0.708. The number of ether oxygens (including phenoxy) is 5. The van der Waals surface area contributed by atoms with Gasteiger partial charge in [-0.05, 0) is 60.4 Å². The molecule has 2 spiro atoms. The van der Waals surface area contributed by atoms with Crippen LogP contribution >= 0.6 is 22.6 Å². The van der Waals surface area contributed by atoms with Crippen LogP contribution in [0.25, 0.3) is 0 Å². The molecule has 3 aliphatic heterocycles. The van der Waals surface area contributed by atoms with Crippen LogP contribution in [0.15, 0.2) is 24.3 Å². The van der Waals surface area contributed by atoms with Gasteiger partial charge >= 0.3 is 0 Å². The number of hydrogen-bond acceptors (Lipinski definition) is 6. The van der Waals surface area contributed by atoms with Crippen LogP contribution in [0, 0.1) is 3.57 Å². The Bertz CT molecular complexity index is 868. The SMILES string of the molecule is O=C(Nc1ccccc1I)C1OC2OC3(CCCCC3)OC2C2OC3(CCCCC3)OC12. The van der Waals surface area contributed by atoms with Gasteiger partial charge in [-0.2, -0.15) is 0 Å². The van der Waals surface area contributed by atoms with E-state index in [1.807, 2.05) is 24.3 Å². The predicted octanol–water partition coefficient (Wildman–Crippen LogP) is 4.47. The van der Waals surface area contributed by atoms with Crippen LogP contribution in [0.4, 0.5) is 5.69 Å². The fourth-order valence-corrected chi connectivity index (χ4v) is 6.46. The van der Waals surface area contributed by atoms with Gasteiger partial charge in [-0.3, -0.25) is 4.79 Å².